The first-order valence-electron chi connectivity index (χ1n) is 9.22. The van der Waals surface area contributed by atoms with Gasteiger partial charge < -0.3 is 16.0 Å². The molecule has 0 spiro atoms. The second kappa shape index (κ2) is 10.5. The average Bonchev–Trinajstić information content (AvgIpc) is 2.57. The smallest absolute Gasteiger partial charge is 0.243 e. The van der Waals surface area contributed by atoms with Crippen molar-refractivity contribution in [3.8, 4) is 0 Å². The molecule has 1 aliphatic rings. The van der Waals surface area contributed by atoms with Gasteiger partial charge in [0.2, 0.25) is 11.8 Å². The van der Waals surface area contributed by atoms with Crippen LogP contribution in [0.2, 0.25) is 0 Å². The molecule has 6 heteroatoms. The van der Waals surface area contributed by atoms with Gasteiger partial charge in [-0.05, 0) is 69.7 Å². The molecule has 26 heavy (non-hydrogen) atoms. The Morgan fingerprint density at radius 3 is 2.27 bits per heavy atom. The molecule has 0 aromatic heterocycles. The molecule has 1 aromatic rings. The van der Waals surface area contributed by atoms with E-state index in [2.05, 4.69) is 22.9 Å². The van der Waals surface area contributed by atoms with Crippen LogP contribution in [0.5, 0.6) is 0 Å². The first-order valence-corrected chi connectivity index (χ1v) is 9.22. The summed E-state index contributed by atoms with van der Waals surface area (Å²) in [7, 11) is 0. The molecule has 0 saturated carbocycles. The molecule has 146 valence electrons. The molecule has 0 bridgehead atoms. The van der Waals surface area contributed by atoms with Crippen LogP contribution in [0.25, 0.3) is 0 Å². The van der Waals surface area contributed by atoms with Crippen LogP contribution in [0, 0.1) is 32.6 Å². The fraction of sp³-hybridized carbons (Fsp3) is 0.600. The number of benzene rings is 1. The SMILES string of the molecule is Cc1cc(C)c(NC(=O)CNC(=O)CC(C)C2CCNCC2)c(C)c1.Cl. The highest BCUT2D eigenvalue weighted by molar-refractivity contribution is 5.95. The minimum atomic E-state index is -0.182. The highest BCUT2D eigenvalue weighted by Gasteiger charge is 2.22. The fourth-order valence-corrected chi connectivity index (χ4v) is 3.68. The minimum Gasteiger partial charge on any atom is -0.347 e. The molecule has 0 radical (unpaired) electrons. The minimum absolute atomic E-state index is 0. The third kappa shape index (κ3) is 6.61. The number of rotatable bonds is 6. The Hall–Kier alpha value is -1.59. The van der Waals surface area contributed by atoms with Crippen molar-refractivity contribution >= 4 is 29.9 Å². The zero-order valence-corrected chi connectivity index (χ0v) is 17.1. The number of anilines is 1. The van der Waals surface area contributed by atoms with Crippen LogP contribution in [0.4, 0.5) is 5.69 Å². The average molecular weight is 382 g/mol. The number of aryl methyl sites for hydroxylation is 3. The van der Waals surface area contributed by atoms with Gasteiger partial charge in [-0.25, -0.2) is 0 Å². The van der Waals surface area contributed by atoms with E-state index >= 15 is 0 Å². The van der Waals surface area contributed by atoms with Gasteiger partial charge in [-0.15, -0.1) is 12.4 Å². The van der Waals surface area contributed by atoms with Crippen molar-refractivity contribution in [3.05, 3.63) is 28.8 Å². The summed E-state index contributed by atoms with van der Waals surface area (Å²) in [5.41, 5.74) is 4.09. The first-order chi connectivity index (χ1) is 11.9. The molecular weight excluding hydrogens is 350 g/mol. The number of carbonyl (C=O) groups excluding carboxylic acids is 2. The van der Waals surface area contributed by atoms with Crippen LogP contribution in [-0.2, 0) is 9.59 Å². The lowest BCUT2D eigenvalue weighted by Gasteiger charge is -2.27. The van der Waals surface area contributed by atoms with Gasteiger partial charge in [-0.3, -0.25) is 9.59 Å². The summed E-state index contributed by atoms with van der Waals surface area (Å²) in [5, 5.41) is 9.02. The second-order valence-electron chi connectivity index (χ2n) is 7.37. The summed E-state index contributed by atoms with van der Waals surface area (Å²) in [6.07, 6.45) is 2.74. The second-order valence-corrected chi connectivity index (χ2v) is 7.37. The van der Waals surface area contributed by atoms with E-state index in [1.165, 1.54) is 5.56 Å². The maximum Gasteiger partial charge on any atom is 0.243 e. The van der Waals surface area contributed by atoms with Crippen LogP contribution in [-0.4, -0.2) is 31.4 Å². The number of hydrogen-bond acceptors (Lipinski definition) is 3. The van der Waals surface area contributed by atoms with Gasteiger partial charge in [0, 0.05) is 12.1 Å². The van der Waals surface area contributed by atoms with Gasteiger partial charge >= 0.3 is 0 Å². The lowest BCUT2D eigenvalue weighted by molar-refractivity contribution is -0.125. The van der Waals surface area contributed by atoms with Crippen molar-refractivity contribution in [2.75, 3.05) is 25.0 Å². The summed E-state index contributed by atoms with van der Waals surface area (Å²) in [4.78, 5) is 24.3. The highest BCUT2D eigenvalue weighted by atomic mass is 35.5. The van der Waals surface area contributed by atoms with Crippen LogP contribution >= 0.6 is 12.4 Å². The number of halogens is 1. The van der Waals surface area contributed by atoms with E-state index in [1.54, 1.807) is 0 Å². The number of amides is 2. The van der Waals surface area contributed by atoms with E-state index in [0.717, 1.165) is 42.7 Å². The van der Waals surface area contributed by atoms with E-state index in [-0.39, 0.29) is 30.8 Å². The maximum atomic E-state index is 12.2. The predicted octanol–water partition coefficient (Wildman–Crippen LogP) is 3.11. The molecule has 2 amide bonds. The lowest BCUT2D eigenvalue weighted by Crippen LogP contribution is -2.36. The monoisotopic (exact) mass is 381 g/mol. The standard InChI is InChI=1S/C20H31N3O2.ClH/c1-13-9-15(3)20(16(4)10-13)23-19(25)12-22-18(24)11-14(2)17-5-7-21-8-6-17;/h9-10,14,17,21H,5-8,11-12H2,1-4H3,(H,22,24)(H,23,25);1H. The topological polar surface area (TPSA) is 70.2 Å². The lowest BCUT2D eigenvalue weighted by atomic mass is 9.84. The predicted molar refractivity (Wildman–Crippen MR) is 109 cm³/mol. The van der Waals surface area contributed by atoms with Gasteiger partial charge in [-0.1, -0.05) is 24.6 Å². The molecule has 1 aliphatic heterocycles. The van der Waals surface area contributed by atoms with E-state index in [9.17, 15) is 9.59 Å². The van der Waals surface area contributed by atoms with Gasteiger partial charge in [-0.2, -0.15) is 0 Å². The molecule has 0 aliphatic carbocycles. The zero-order chi connectivity index (χ0) is 18.4. The molecule has 1 saturated heterocycles. The van der Waals surface area contributed by atoms with Gasteiger partial charge in [0.25, 0.3) is 0 Å². The Kier molecular flexibility index (Phi) is 9.09. The quantitative estimate of drug-likeness (QED) is 0.709. The Morgan fingerprint density at radius 1 is 1.12 bits per heavy atom. The highest BCUT2D eigenvalue weighted by Crippen LogP contribution is 2.24. The van der Waals surface area contributed by atoms with E-state index in [4.69, 9.17) is 0 Å². The summed E-state index contributed by atoms with van der Waals surface area (Å²) >= 11 is 0. The van der Waals surface area contributed by atoms with Crippen molar-refractivity contribution in [1.82, 2.24) is 10.6 Å². The number of hydrogen-bond donors (Lipinski definition) is 3. The van der Waals surface area contributed by atoms with Gasteiger partial charge in [0.05, 0.1) is 6.54 Å². The number of carbonyl (C=O) groups is 2. The Labute approximate surface area is 163 Å². The van der Waals surface area contributed by atoms with Gasteiger partial charge in [0.15, 0.2) is 0 Å². The van der Waals surface area contributed by atoms with Crippen molar-refractivity contribution in [2.45, 2.75) is 47.0 Å². The van der Waals surface area contributed by atoms with Crippen LogP contribution in [0.3, 0.4) is 0 Å². The molecule has 1 atom stereocenters. The summed E-state index contributed by atoms with van der Waals surface area (Å²) < 4.78 is 0. The third-order valence-corrected chi connectivity index (χ3v) is 5.08. The van der Waals surface area contributed by atoms with Crippen LogP contribution < -0.4 is 16.0 Å². The van der Waals surface area contributed by atoms with Crippen molar-refractivity contribution in [3.63, 3.8) is 0 Å². The van der Waals surface area contributed by atoms with Crippen LogP contribution in [0.15, 0.2) is 12.1 Å². The van der Waals surface area contributed by atoms with E-state index < -0.39 is 0 Å². The number of piperidine rings is 1. The van der Waals surface area contributed by atoms with Crippen molar-refractivity contribution in [1.29, 1.82) is 0 Å². The molecule has 1 fully saturated rings. The van der Waals surface area contributed by atoms with Crippen molar-refractivity contribution in [2.24, 2.45) is 11.8 Å². The first kappa shape index (κ1) is 22.5. The maximum absolute atomic E-state index is 12.2. The molecule has 3 N–H and O–H groups in total. The van der Waals surface area contributed by atoms with Crippen molar-refractivity contribution < 1.29 is 9.59 Å². The molecular formula is C20H32ClN3O2. The third-order valence-electron chi connectivity index (χ3n) is 5.08. The Bertz CT molecular complexity index is 604. The van der Waals surface area contributed by atoms with Crippen LogP contribution in [0.1, 0.15) is 42.9 Å². The van der Waals surface area contributed by atoms with E-state index in [0.29, 0.717) is 18.3 Å². The summed E-state index contributed by atoms with van der Waals surface area (Å²) in [5.74, 6) is 0.724. The summed E-state index contributed by atoms with van der Waals surface area (Å²) in [6.45, 7) is 10.2. The molecule has 1 aromatic carbocycles. The van der Waals surface area contributed by atoms with Gasteiger partial charge in [0.1, 0.15) is 0 Å². The molecule has 5 nitrogen and oxygen atoms in total. The normalized spacial score (nSPS) is 15.7. The zero-order valence-electron chi connectivity index (χ0n) is 16.3. The number of nitrogens with one attached hydrogen (secondary N) is 3. The fourth-order valence-electron chi connectivity index (χ4n) is 3.68. The summed E-state index contributed by atoms with van der Waals surface area (Å²) in [6, 6.07) is 4.09. The largest absolute Gasteiger partial charge is 0.347 e. The molecule has 1 heterocycles. The molecule has 1 unspecified atom stereocenters. The Balaban J connectivity index is 0.00000338. The van der Waals surface area contributed by atoms with E-state index in [1.807, 2.05) is 32.9 Å². The molecule has 2 rings (SSSR count). The Morgan fingerprint density at radius 2 is 1.69 bits per heavy atom.